The lowest BCUT2D eigenvalue weighted by atomic mass is 10.1. The van der Waals surface area contributed by atoms with Gasteiger partial charge < -0.3 is 5.11 Å². The van der Waals surface area contributed by atoms with Gasteiger partial charge in [0.15, 0.2) is 15.9 Å². The van der Waals surface area contributed by atoms with Gasteiger partial charge in [0.25, 0.3) is 0 Å². The maximum Gasteiger partial charge on any atom is 0.415 e. The van der Waals surface area contributed by atoms with Crippen LogP contribution in [-0.4, -0.2) is 49.5 Å². The second-order valence-electron chi connectivity index (χ2n) is 5.81. The van der Waals surface area contributed by atoms with Gasteiger partial charge in [-0.3, -0.25) is 4.90 Å². The smallest absolute Gasteiger partial charge is 0.383 e. The molecular weight excluding hydrogens is 331 g/mol. The van der Waals surface area contributed by atoms with Gasteiger partial charge in [-0.05, 0) is 39.4 Å². The number of benzene rings is 1. The summed E-state index contributed by atoms with van der Waals surface area (Å²) in [4.78, 5) is 1.73. The molecule has 23 heavy (non-hydrogen) atoms. The molecule has 0 radical (unpaired) electrons. The Labute approximate surface area is 134 Å². The Bertz CT molecular complexity index is 629. The van der Waals surface area contributed by atoms with Crippen molar-refractivity contribution in [2.45, 2.75) is 50.0 Å². The van der Waals surface area contributed by atoms with Gasteiger partial charge in [0.1, 0.15) is 0 Å². The fourth-order valence-electron chi connectivity index (χ4n) is 2.17. The molecule has 1 N–H and O–H groups in total. The zero-order valence-corrected chi connectivity index (χ0v) is 14.3. The molecule has 1 unspecified atom stereocenters. The van der Waals surface area contributed by atoms with E-state index in [9.17, 15) is 21.6 Å². The second kappa shape index (κ2) is 7.19. The highest BCUT2D eigenvalue weighted by Gasteiger charge is 2.42. The van der Waals surface area contributed by atoms with Crippen LogP contribution in [-0.2, 0) is 9.84 Å². The summed E-state index contributed by atoms with van der Waals surface area (Å²) in [5.41, 5.74) is 0.415. The van der Waals surface area contributed by atoms with E-state index < -0.39 is 27.9 Å². The molecule has 0 aliphatic rings. The largest absolute Gasteiger partial charge is 0.415 e. The fourth-order valence-corrected chi connectivity index (χ4v) is 3.84. The maximum absolute atomic E-state index is 12.5. The molecule has 4 nitrogen and oxygen atoms in total. The summed E-state index contributed by atoms with van der Waals surface area (Å²) in [7, 11) is -2.47. The molecule has 1 rings (SSSR count). The monoisotopic (exact) mass is 353 g/mol. The van der Waals surface area contributed by atoms with Crippen LogP contribution in [0.5, 0.6) is 0 Å². The van der Waals surface area contributed by atoms with E-state index in [1.54, 1.807) is 19.1 Å². The molecule has 0 saturated heterocycles. The third kappa shape index (κ3) is 4.92. The minimum atomic E-state index is -4.97. The van der Waals surface area contributed by atoms with Crippen LogP contribution in [0.25, 0.3) is 0 Å². The van der Waals surface area contributed by atoms with Crippen LogP contribution in [0.15, 0.2) is 29.2 Å². The number of rotatable bonds is 6. The second-order valence-corrected chi connectivity index (χ2v) is 7.81. The number of hydrogen-bond donors (Lipinski definition) is 1. The highest BCUT2D eigenvalue weighted by Crippen LogP contribution is 2.30. The van der Waals surface area contributed by atoms with Gasteiger partial charge in [0.2, 0.25) is 0 Å². The van der Waals surface area contributed by atoms with Crippen LogP contribution >= 0.6 is 0 Å². The number of nitrogens with zero attached hydrogens (tertiary/aromatic N) is 1. The number of alkyl halides is 3. The molecule has 0 aromatic heterocycles. The van der Waals surface area contributed by atoms with E-state index in [0.717, 1.165) is 0 Å². The molecule has 0 aliphatic heterocycles. The lowest BCUT2D eigenvalue weighted by Crippen LogP contribution is -2.36. The van der Waals surface area contributed by atoms with Crippen molar-refractivity contribution in [2.24, 2.45) is 0 Å². The van der Waals surface area contributed by atoms with Crippen molar-refractivity contribution in [2.75, 3.05) is 12.8 Å². The minimum absolute atomic E-state index is 0.126. The van der Waals surface area contributed by atoms with Crippen LogP contribution in [0.4, 0.5) is 13.2 Å². The Kier molecular flexibility index (Phi) is 6.23. The molecule has 0 spiro atoms. The SMILES string of the molecule is CC(C)N(C)[C@@H](C)c1ccccc1S(=O)(=O)CC(O)C(F)(F)F. The van der Waals surface area contributed by atoms with Gasteiger partial charge in [-0.1, -0.05) is 18.2 Å². The van der Waals surface area contributed by atoms with Crippen LogP contribution < -0.4 is 0 Å². The van der Waals surface area contributed by atoms with E-state index in [1.165, 1.54) is 12.1 Å². The molecule has 0 fully saturated rings. The number of hydrogen-bond acceptors (Lipinski definition) is 4. The Morgan fingerprint density at radius 3 is 2.17 bits per heavy atom. The van der Waals surface area contributed by atoms with Crippen molar-refractivity contribution in [3.8, 4) is 0 Å². The van der Waals surface area contributed by atoms with E-state index in [1.807, 2.05) is 25.8 Å². The maximum atomic E-state index is 12.5. The first-order valence-electron chi connectivity index (χ1n) is 7.16. The third-order valence-corrected chi connectivity index (χ3v) is 5.68. The third-order valence-electron chi connectivity index (χ3n) is 3.88. The minimum Gasteiger partial charge on any atom is -0.383 e. The topological polar surface area (TPSA) is 57.6 Å². The molecule has 1 aromatic carbocycles. The lowest BCUT2D eigenvalue weighted by molar-refractivity contribution is -0.196. The quantitative estimate of drug-likeness (QED) is 0.854. The molecule has 0 amide bonds. The van der Waals surface area contributed by atoms with Crippen molar-refractivity contribution >= 4 is 9.84 Å². The van der Waals surface area contributed by atoms with Crippen molar-refractivity contribution in [3.63, 3.8) is 0 Å². The molecule has 1 aromatic rings. The zero-order valence-electron chi connectivity index (χ0n) is 13.5. The predicted molar refractivity (Wildman–Crippen MR) is 81.9 cm³/mol. The average molecular weight is 353 g/mol. The van der Waals surface area contributed by atoms with Crippen molar-refractivity contribution < 1.29 is 26.7 Å². The first kappa shape index (κ1) is 19.9. The standard InChI is InChI=1S/C15H22F3NO3S/c1-10(2)19(4)11(3)12-7-5-6-8-13(12)23(21,22)9-14(20)15(16,17)18/h5-8,10-11,14,20H,9H2,1-4H3/t11-,14?/m0/s1. The van der Waals surface area contributed by atoms with Gasteiger partial charge in [0.05, 0.1) is 10.6 Å². The van der Waals surface area contributed by atoms with Gasteiger partial charge in [0, 0.05) is 12.1 Å². The van der Waals surface area contributed by atoms with Gasteiger partial charge in [-0.15, -0.1) is 0 Å². The van der Waals surface area contributed by atoms with Crippen molar-refractivity contribution in [3.05, 3.63) is 29.8 Å². The summed E-state index contributed by atoms with van der Waals surface area (Å²) in [6.45, 7) is 5.65. The van der Waals surface area contributed by atoms with E-state index in [2.05, 4.69) is 0 Å². The summed E-state index contributed by atoms with van der Waals surface area (Å²) in [6.07, 6.45) is -7.87. The molecule has 2 atom stereocenters. The van der Waals surface area contributed by atoms with Crippen LogP contribution in [0.1, 0.15) is 32.4 Å². The van der Waals surface area contributed by atoms with Crippen LogP contribution in [0, 0.1) is 0 Å². The van der Waals surface area contributed by atoms with Crippen molar-refractivity contribution in [1.82, 2.24) is 4.90 Å². The van der Waals surface area contributed by atoms with Crippen molar-refractivity contribution in [1.29, 1.82) is 0 Å². The van der Waals surface area contributed by atoms with Crippen LogP contribution in [0.2, 0.25) is 0 Å². The van der Waals surface area contributed by atoms with E-state index in [0.29, 0.717) is 5.56 Å². The van der Waals surface area contributed by atoms with Gasteiger partial charge in [-0.2, -0.15) is 13.2 Å². The summed E-state index contributed by atoms with van der Waals surface area (Å²) >= 11 is 0. The molecule has 0 saturated carbocycles. The Morgan fingerprint density at radius 1 is 1.17 bits per heavy atom. The lowest BCUT2D eigenvalue weighted by Gasteiger charge is -2.30. The molecular formula is C15H22F3NO3S. The van der Waals surface area contributed by atoms with E-state index >= 15 is 0 Å². The Balaban J connectivity index is 3.23. The number of sulfone groups is 1. The summed E-state index contributed by atoms with van der Waals surface area (Å²) in [5, 5.41) is 9.09. The van der Waals surface area contributed by atoms with Crippen LogP contribution in [0.3, 0.4) is 0 Å². The molecule has 132 valence electrons. The summed E-state index contributed by atoms with van der Waals surface area (Å²) in [6, 6.07) is 5.78. The Hall–Kier alpha value is -1.12. The highest BCUT2D eigenvalue weighted by molar-refractivity contribution is 7.91. The fraction of sp³-hybridized carbons (Fsp3) is 0.600. The number of halogens is 3. The van der Waals surface area contributed by atoms with E-state index in [4.69, 9.17) is 5.11 Å². The number of aliphatic hydroxyl groups is 1. The average Bonchev–Trinajstić information content (AvgIpc) is 2.44. The molecule has 0 aliphatic carbocycles. The van der Waals surface area contributed by atoms with Gasteiger partial charge in [-0.25, -0.2) is 8.42 Å². The molecule has 0 bridgehead atoms. The molecule has 0 heterocycles. The first-order valence-corrected chi connectivity index (χ1v) is 8.81. The summed E-state index contributed by atoms with van der Waals surface area (Å²) in [5.74, 6) is -1.38. The predicted octanol–water partition coefficient (Wildman–Crippen LogP) is 2.78. The normalized spacial score (nSPS) is 15.9. The highest BCUT2D eigenvalue weighted by atomic mass is 32.2. The van der Waals surface area contributed by atoms with E-state index in [-0.39, 0.29) is 17.0 Å². The van der Waals surface area contributed by atoms with Gasteiger partial charge >= 0.3 is 6.18 Å². The number of aliphatic hydroxyl groups excluding tert-OH is 1. The molecule has 8 heteroatoms. The summed E-state index contributed by atoms with van der Waals surface area (Å²) < 4.78 is 62.1. The zero-order chi connectivity index (χ0) is 18.0. The Morgan fingerprint density at radius 2 is 1.70 bits per heavy atom. The first-order chi connectivity index (χ1) is 10.4.